The highest BCUT2D eigenvalue weighted by atomic mass is 16.7. The molecule has 1 aliphatic rings. The maximum atomic E-state index is 12.3. The molecular weight excluding hydrogens is 306 g/mol. The molecule has 5 nitrogen and oxygen atoms in total. The lowest BCUT2D eigenvalue weighted by atomic mass is 10.0. The van der Waals surface area contributed by atoms with Gasteiger partial charge in [0.05, 0.1) is 6.61 Å². The maximum absolute atomic E-state index is 12.3. The second-order valence-corrected chi connectivity index (χ2v) is 6.37. The van der Waals surface area contributed by atoms with Gasteiger partial charge < -0.3 is 19.1 Å². The summed E-state index contributed by atoms with van der Waals surface area (Å²) in [7, 11) is 3.32. The molecule has 0 bridgehead atoms. The lowest BCUT2D eigenvalue weighted by Crippen LogP contribution is -2.48. The molecule has 2 rings (SSSR count). The van der Waals surface area contributed by atoms with Crippen LogP contribution in [0.5, 0.6) is 5.75 Å². The Bertz CT molecular complexity index is 524. The van der Waals surface area contributed by atoms with Crippen molar-refractivity contribution in [1.29, 1.82) is 0 Å². The maximum Gasteiger partial charge on any atom is 0.222 e. The highest BCUT2D eigenvalue weighted by Crippen LogP contribution is 2.27. The molecule has 24 heavy (non-hydrogen) atoms. The van der Waals surface area contributed by atoms with Crippen molar-refractivity contribution in [2.75, 3.05) is 33.9 Å². The van der Waals surface area contributed by atoms with Gasteiger partial charge in [-0.2, -0.15) is 0 Å². The highest BCUT2D eigenvalue weighted by molar-refractivity contribution is 5.76. The fourth-order valence-corrected chi connectivity index (χ4v) is 3.17. The molecule has 0 radical (unpaired) electrons. The third-order valence-electron chi connectivity index (χ3n) is 4.81. The van der Waals surface area contributed by atoms with Gasteiger partial charge in [-0.1, -0.05) is 18.2 Å². The van der Waals surface area contributed by atoms with Crippen molar-refractivity contribution in [2.24, 2.45) is 0 Å². The summed E-state index contributed by atoms with van der Waals surface area (Å²) in [4.78, 5) is 14.2. The van der Waals surface area contributed by atoms with Gasteiger partial charge in [-0.15, -0.1) is 0 Å². The quantitative estimate of drug-likeness (QED) is 0.567. The van der Waals surface area contributed by atoms with Crippen LogP contribution in [-0.2, 0) is 14.3 Å². The molecule has 0 aromatic heterocycles. The van der Waals surface area contributed by atoms with E-state index in [0.29, 0.717) is 39.0 Å². The van der Waals surface area contributed by atoms with E-state index in [2.05, 4.69) is 0 Å². The van der Waals surface area contributed by atoms with Gasteiger partial charge >= 0.3 is 0 Å². The summed E-state index contributed by atoms with van der Waals surface area (Å²) in [5.41, 5.74) is 2.26. The second kappa shape index (κ2) is 8.49. The fraction of sp³-hybridized carbons (Fsp3) is 0.632. The van der Waals surface area contributed by atoms with Gasteiger partial charge in [-0.25, -0.2) is 0 Å². The summed E-state index contributed by atoms with van der Waals surface area (Å²) >= 11 is 0. The number of rotatable bonds is 7. The Morgan fingerprint density at radius 2 is 1.71 bits per heavy atom. The number of hydrogen-bond donors (Lipinski definition) is 0. The number of aryl methyl sites for hydroxylation is 2. The minimum atomic E-state index is -0.526. The van der Waals surface area contributed by atoms with Crippen molar-refractivity contribution >= 4 is 5.91 Å². The highest BCUT2D eigenvalue weighted by Gasteiger charge is 2.35. The largest absolute Gasteiger partial charge is 0.493 e. The van der Waals surface area contributed by atoms with Crippen LogP contribution in [0.15, 0.2) is 18.2 Å². The van der Waals surface area contributed by atoms with E-state index in [1.54, 1.807) is 14.2 Å². The van der Waals surface area contributed by atoms with Crippen LogP contribution in [0.25, 0.3) is 0 Å². The monoisotopic (exact) mass is 335 g/mol. The average molecular weight is 335 g/mol. The molecule has 1 fully saturated rings. The number of nitrogens with zero attached hydrogens (tertiary/aromatic N) is 1. The summed E-state index contributed by atoms with van der Waals surface area (Å²) in [6.07, 6.45) is 2.66. The van der Waals surface area contributed by atoms with Crippen molar-refractivity contribution in [3.63, 3.8) is 0 Å². The molecule has 0 aliphatic carbocycles. The first kappa shape index (κ1) is 18.7. The zero-order chi connectivity index (χ0) is 17.6. The molecule has 1 heterocycles. The number of likely N-dealkylation sites (tertiary alicyclic amines) is 1. The van der Waals surface area contributed by atoms with Crippen LogP contribution < -0.4 is 4.74 Å². The van der Waals surface area contributed by atoms with Crippen LogP contribution in [0.4, 0.5) is 0 Å². The Balaban J connectivity index is 1.73. The van der Waals surface area contributed by atoms with Gasteiger partial charge in [0.2, 0.25) is 5.91 Å². The number of methoxy groups -OCH3 is 2. The molecule has 1 aromatic rings. The van der Waals surface area contributed by atoms with Crippen molar-refractivity contribution in [3.8, 4) is 5.75 Å². The average Bonchev–Trinajstić information content (AvgIpc) is 2.60. The summed E-state index contributed by atoms with van der Waals surface area (Å²) in [5, 5.41) is 0. The molecule has 5 heteroatoms. The van der Waals surface area contributed by atoms with Gasteiger partial charge in [-0.3, -0.25) is 4.79 Å². The number of para-hydroxylation sites is 1. The Labute approximate surface area is 144 Å². The molecule has 134 valence electrons. The van der Waals surface area contributed by atoms with Crippen LogP contribution in [0.1, 0.15) is 36.8 Å². The molecule has 0 atom stereocenters. The van der Waals surface area contributed by atoms with E-state index >= 15 is 0 Å². The number of hydrogen-bond acceptors (Lipinski definition) is 4. The van der Waals surface area contributed by atoms with E-state index in [9.17, 15) is 4.79 Å². The minimum absolute atomic E-state index is 0.181. The van der Waals surface area contributed by atoms with Gasteiger partial charge in [0.1, 0.15) is 5.75 Å². The van der Waals surface area contributed by atoms with Crippen LogP contribution in [-0.4, -0.2) is 50.5 Å². The first-order chi connectivity index (χ1) is 11.5. The minimum Gasteiger partial charge on any atom is -0.493 e. The van der Waals surface area contributed by atoms with Crippen molar-refractivity contribution in [3.05, 3.63) is 29.3 Å². The van der Waals surface area contributed by atoms with E-state index in [1.807, 2.05) is 36.9 Å². The van der Waals surface area contributed by atoms with Crippen molar-refractivity contribution in [1.82, 2.24) is 4.90 Å². The van der Waals surface area contributed by atoms with E-state index in [4.69, 9.17) is 14.2 Å². The first-order valence-corrected chi connectivity index (χ1v) is 8.58. The number of benzene rings is 1. The van der Waals surface area contributed by atoms with Gasteiger partial charge in [0.25, 0.3) is 0 Å². The molecule has 1 aliphatic heterocycles. The summed E-state index contributed by atoms with van der Waals surface area (Å²) in [6, 6.07) is 6.11. The fourth-order valence-electron chi connectivity index (χ4n) is 3.17. The summed E-state index contributed by atoms with van der Waals surface area (Å²) < 4.78 is 16.8. The van der Waals surface area contributed by atoms with Crippen LogP contribution in [0.3, 0.4) is 0 Å². The Kier molecular flexibility index (Phi) is 6.63. The second-order valence-electron chi connectivity index (χ2n) is 6.37. The molecule has 0 unspecified atom stereocenters. The van der Waals surface area contributed by atoms with Crippen molar-refractivity contribution < 1.29 is 19.0 Å². The summed E-state index contributed by atoms with van der Waals surface area (Å²) in [5.74, 6) is 0.594. The first-order valence-electron chi connectivity index (χ1n) is 8.58. The number of amides is 1. The smallest absolute Gasteiger partial charge is 0.222 e. The zero-order valence-electron chi connectivity index (χ0n) is 15.3. The molecule has 1 aromatic carbocycles. The van der Waals surface area contributed by atoms with E-state index in [-0.39, 0.29) is 5.91 Å². The lowest BCUT2D eigenvalue weighted by molar-refractivity contribution is -0.228. The lowest BCUT2D eigenvalue weighted by Gasteiger charge is -2.39. The topological polar surface area (TPSA) is 48.0 Å². The van der Waals surface area contributed by atoms with Gasteiger partial charge in [-0.05, 0) is 31.4 Å². The normalized spacial score (nSPS) is 16.9. The molecule has 0 saturated carbocycles. The summed E-state index contributed by atoms with van der Waals surface area (Å²) in [6.45, 7) is 6.00. The number of piperidine rings is 1. The van der Waals surface area contributed by atoms with Gasteiger partial charge in [0.15, 0.2) is 5.79 Å². The van der Waals surface area contributed by atoms with Crippen LogP contribution in [0.2, 0.25) is 0 Å². The van der Waals surface area contributed by atoms with E-state index < -0.39 is 5.79 Å². The Morgan fingerprint density at radius 1 is 1.12 bits per heavy atom. The van der Waals surface area contributed by atoms with E-state index in [0.717, 1.165) is 23.3 Å². The standard InChI is InChI=1S/C19H29NO4/c1-15-7-5-8-16(2)18(15)24-14-6-9-17(21)20-12-10-19(22-3,23-4)11-13-20/h5,7-8H,6,9-14H2,1-4H3. The SMILES string of the molecule is COC1(OC)CCN(C(=O)CCCOc2c(C)cccc2C)CC1. The van der Waals surface area contributed by atoms with Crippen LogP contribution >= 0.6 is 0 Å². The third kappa shape index (κ3) is 4.48. The van der Waals surface area contributed by atoms with Crippen molar-refractivity contribution in [2.45, 2.75) is 45.3 Å². The number of carbonyl (C=O) groups excluding carboxylic acids is 1. The van der Waals surface area contributed by atoms with Crippen LogP contribution in [0, 0.1) is 13.8 Å². The predicted octanol–water partition coefficient (Wildman–Crippen LogP) is 3.07. The molecule has 1 saturated heterocycles. The van der Waals surface area contributed by atoms with E-state index in [1.165, 1.54) is 0 Å². The number of carbonyl (C=O) groups is 1. The molecule has 0 spiro atoms. The molecule has 0 N–H and O–H groups in total. The Hall–Kier alpha value is -1.59. The third-order valence-corrected chi connectivity index (χ3v) is 4.81. The Morgan fingerprint density at radius 3 is 2.25 bits per heavy atom. The number of ether oxygens (including phenoxy) is 3. The zero-order valence-corrected chi connectivity index (χ0v) is 15.3. The molecular formula is C19H29NO4. The van der Waals surface area contributed by atoms with Gasteiger partial charge in [0, 0.05) is 46.6 Å². The predicted molar refractivity (Wildman–Crippen MR) is 93.2 cm³/mol. The molecule has 1 amide bonds.